The van der Waals surface area contributed by atoms with E-state index in [1.54, 1.807) is 18.3 Å². The number of anilines is 2. The number of hydrogen-bond acceptors (Lipinski definition) is 4. The zero-order valence-electron chi connectivity index (χ0n) is 12.0. The second kappa shape index (κ2) is 7.03. The Labute approximate surface area is 128 Å². The van der Waals surface area contributed by atoms with Gasteiger partial charge in [0.25, 0.3) is 11.9 Å². The molecule has 2 rings (SSSR count). The van der Waals surface area contributed by atoms with Crippen molar-refractivity contribution in [1.82, 2.24) is 9.97 Å². The van der Waals surface area contributed by atoms with Gasteiger partial charge in [0.15, 0.2) is 0 Å². The van der Waals surface area contributed by atoms with E-state index in [2.05, 4.69) is 20.6 Å². The molecule has 0 aromatic carbocycles. The van der Waals surface area contributed by atoms with Gasteiger partial charge in [0, 0.05) is 19.2 Å². The summed E-state index contributed by atoms with van der Waals surface area (Å²) in [5.74, 6) is -6.99. The Bertz CT molecular complexity index is 695. The minimum absolute atomic E-state index is 0.194. The van der Waals surface area contributed by atoms with Crippen LogP contribution < -0.4 is 10.6 Å². The monoisotopic (exact) mass is 328 g/mol. The number of nitrogens with zero attached hydrogens (tertiary/aromatic N) is 2. The van der Waals surface area contributed by atoms with Gasteiger partial charge in [0.05, 0.1) is 0 Å². The highest BCUT2D eigenvalue weighted by molar-refractivity contribution is 5.90. The third kappa shape index (κ3) is 4.15. The summed E-state index contributed by atoms with van der Waals surface area (Å²) in [5, 5.41) is 4.61. The summed E-state index contributed by atoms with van der Waals surface area (Å²) in [4.78, 5) is 18.0. The molecule has 0 saturated carbocycles. The van der Waals surface area contributed by atoms with Gasteiger partial charge in [-0.25, -0.2) is 4.98 Å². The molecule has 2 aromatic heterocycles. The largest absolute Gasteiger partial charge is 0.379 e. The first-order valence-electron chi connectivity index (χ1n) is 6.55. The summed E-state index contributed by atoms with van der Waals surface area (Å²) < 4.78 is 52.5. The zero-order chi connectivity index (χ0) is 17.0. The molecule has 0 fully saturated rings. The molecule has 0 saturated heterocycles. The first-order chi connectivity index (χ1) is 10.9. The third-order valence-corrected chi connectivity index (χ3v) is 2.83. The van der Waals surface area contributed by atoms with E-state index in [-0.39, 0.29) is 13.0 Å². The number of hydrogen-bond donors (Lipinski definition) is 2. The van der Waals surface area contributed by atoms with E-state index in [0.29, 0.717) is 5.82 Å². The van der Waals surface area contributed by atoms with Crippen LogP contribution in [0.15, 0.2) is 18.3 Å². The molecule has 0 aliphatic carbocycles. The van der Waals surface area contributed by atoms with Crippen molar-refractivity contribution in [1.29, 1.82) is 0 Å². The van der Waals surface area contributed by atoms with Crippen LogP contribution in [0.3, 0.4) is 0 Å². The molecule has 2 aromatic rings. The predicted molar refractivity (Wildman–Crippen MR) is 74.8 cm³/mol. The summed E-state index contributed by atoms with van der Waals surface area (Å²) >= 11 is 0. The highest BCUT2D eigenvalue weighted by atomic mass is 19.2. The minimum Gasteiger partial charge on any atom is -0.379 e. The van der Waals surface area contributed by atoms with E-state index in [4.69, 9.17) is 0 Å². The summed E-state index contributed by atoms with van der Waals surface area (Å²) in [6.07, 6.45) is 1.36. The molecule has 0 aliphatic heterocycles. The zero-order valence-corrected chi connectivity index (χ0v) is 12.0. The maximum absolute atomic E-state index is 13.3. The van der Waals surface area contributed by atoms with Crippen LogP contribution in [-0.2, 0) is 4.79 Å². The van der Waals surface area contributed by atoms with E-state index >= 15 is 0 Å². The highest BCUT2D eigenvalue weighted by Gasteiger charge is 2.20. The average molecular weight is 328 g/mol. The van der Waals surface area contributed by atoms with Crippen LogP contribution in [0, 0.1) is 30.5 Å². The quantitative estimate of drug-likeness (QED) is 0.654. The van der Waals surface area contributed by atoms with Crippen LogP contribution in [0.2, 0.25) is 0 Å². The molecule has 0 radical (unpaired) electrons. The van der Waals surface area contributed by atoms with Gasteiger partial charge in [-0.1, -0.05) is 6.07 Å². The highest BCUT2D eigenvalue weighted by Crippen LogP contribution is 2.21. The Morgan fingerprint density at radius 1 is 1.13 bits per heavy atom. The Hall–Kier alpha value is -2.71. The summed E-state index contributed by atoms with van der Waals surface area (Å²) in [7, 11) is 0. The molecule has 0 unspecified atom stereocenters. The Morgan fingerprint density at radius 2 is 1.78 bits per heavy atom. The van der Waals surface area contributed by atoms with Gasteiger partial charge in [-0.05, 0) is 18.6 Å². The first kappa shape index (κ1) is 16.7. The number of aromatic nitrogens is 2. The molecular weight excluding hydrogens is 316 g/mol. The second-order valence-corrected chi connectivity index (χ2v) is 4.64. The fourth-order valence-electron chi connectivity index (χ4n) is 1.69. The SMILES string of the molecule is Cc1ccc(NC(=O)CCNc2c(F)c(F)nc(F)c2F)nc1. The predicted octanol–water partition coefficient (Wildman–Crippen LogP) is 2.78. The Balaban J connectivity index is 1.92. The first-order valence-corrected chi connectivity index (χ1v) is 6.55. The molecule has 2 heterocycles. The molecule has 1 amide bonds. The van der Waals surface area contributed by atoms with E-state index in [1.807, 2.05) is 6.92 Å². The third-order valence-electron chi connectivity index (χ3n) is 2.83. The number of amides is 1. The van der Waals surface area contributed by atoms with Crippen molar-refractivity contribution < 1.29 is 22.4 Å². The van der Waals surface area contributed by atoms with Crippen LogP contribution >= 0.6 is 0 Å². The van der Waals surface area contributed by atoms with E-state index < -0.39 is 35.1 Å². The fourth-order valence-corrected chi connectivity index (χ4v) is 1.69. The lowest BCUT2D eigenvalue weighted by atomic mass is 10.3. The van der Waals surface area contributed by atoms with Crippen molar-refractivity contribution in [3.05, 3.63) is 47.4 Å². The van der Waals surface area contributed by atoms with Crippen molar-refractivity contribution in [3.63, 3.8) is 0 Å². The average Bonchev–Trinajstić information content (AvgIpc) is 2.51. The lowest BCUT2D eigenvalue weighted by Gasteiger charge is -2.09. The van der Waals surface area contributed by atoms with E-state index in [9.17, 15) is 22.4 Å². The summed E-state index contributed by atoms with van der Waals surface area (Å²) in [5.41, 5.74) is -0.0892. The van der Waals surface area contributed by atoms with Crippen LogP contribution in [0.4, 0.5) is 29.1 Å². The van der Waals surface area contributed by atoms with Gasteiger partial charge < -0.3 is 10.6 Å². The Kier molecular flexibility index (Phi) is 5.09. The normalized spacial score (nSPS) is 10.5. The number of aryl methyl sites for hydroxylation is 1. The van der Waals surface area contributed by atoms with Crippen LogP contribution in [0.25, 0.3) is 0 Å². The van der Waals surface area contributed by atoms with Crippen LogP contribution in [0.1, 0.15) is 12.0 Å². The maximum Gasteiger partial charge on any atom is 0.253 e. The topological polar surface area (TPSA) is 66.9 Å². The summed E-state index contributed by atoms with van der Waals surface area (Å²) in [6, 6.07) is 3.34. The second-order valence-electron chi connectivity index (χ2n) is 4.64. The number of nitrogens with one attached hydrogen (secondary N) is 2. The summed E-state index contributed by atoms with van der Waals surface area (Å²) in [6.45, 7) is 1.59. The smallest absolute Gasteiger partial charge is 0.253 e. The molecule has 0 spiro atoms. The molecule has 122 valence electrons. The standard InChI is InChI=1S/C14H12F4N4O/c1-7-2-3-8(20-6-7)21-9(23)4-5-19-12-10(15)13(17)22-14(18)11(12)16/h2-3,6H,4-5H2,1H3,(H,19,22)(H,20,21,23). The number of pyridine rings is 2. The molecule has 2 N–H and O–H groups in total. The number of carbonyl (C=O) groups excluding carboxylic acids is 1. The maximum atomic E-state index is 13.3. The molecule has 5 nitrogen and oxygen atoms in total. The molecule has 0 bridgehead atoms. The van der Waals surface area contributed by atoms with Gasteiger partial charge in [-0.2, -0.15) is 22.5 Å². The molecule has 0 aliphatic rings. The van der Waals surface area contributed by atoms with Crippen molar-refractivity contribution in [2.45, 2.75) is 13.3 Å². The van der Waals surface area contributed by atoms with Crippen molar-refractivity contribution in [3.8, 4) is 0 Å². The van der Waals surface area contributed by atoms with Crippen LogP contribution in [0.5, 0.6) is 0 Å². The molecule has 9 heteroatoms. The van der Waals surface area contributed by atoms with Gasteiger partial charge in [0.2, 0.25) is 17.5 Å². The van der Waals surface area contributed by atoms with Gasteiger partial charge in [0.1, 0.15) is 11.5 Å². The minimum atomic E-state index is -1.76. The van der Waals surface area contributed by atoms with E-state index in [0.717, 1.165) is 5.56 Å². The van der Waals surface area contributed by atoms with Crippen molar-refractivity contribution >= 4 is 17.4 Å². The van der Waals surface area contributed by atoms with Gasteiger partial charge in [-0.15, -0.1) is 0 Å². The van der Waals surface area contributed by atoms with Gasteiger partial charge >= 0.3 is 0 Å². The molecular formula is C14H12F4N4O. The van der Waals surface area contributed by atoms with Crippen molar-refractivity contribution in [2.24, 2.45) is 0 Å². The van der Waals surface area contributed by atoms with Gasteiger partial charge in [-0.3, -0.25) is 4.79 Å². The lowest BCUT2D eigenvalue weighted by Crippen LogP contribution is -2.18. The van der Waals surface area contributed by atoms with Crippen LogP contribution in [-0.4, -0.2) is 22.4 Å². The lowest BCUT2D eigenvalue weighted by molar-refractivity contribution is -0.116. The number of rotatable bonds is 5. The fraction of sp³-hybridized carbons (Fsp3) is 0.214. The molecule has 0 atom stereocenters. The number of carbonyl (C=O) groups is 1. The Morgan fingerprint density at radius 3 is 2.35 bits per heavy atom. The molecule has 23 heavy (non-hydrogen) atoms. The van der Waals surface area contributed by atoms with Crippen molar-refractivity contribution in [2.75, 3.05) is 17.2 Å². The van der Waals surface area contributed by atoms with E-state index in [1.165, 1.54) is 0 Å². The number of halogens is 4.